The van der Waals surface area contributed by atoms with Crippen molar-refractivity contribution in [1.29, 1.82) is 0 Å². The van der Waals surface area contributed by atoms with Crippen LogP contribution in [0, 0.1) is 17.0 Å². The topological polar surface area (TPSA) is 128 Å². The smallest absolute Gasteiger partial charge is 0.293 e. The number of carbonyl (C=O) groups excluding carboxylic acids is 3. The third-order valence-corrected chi connectivity index (χ3v) is 6.52. The van der Waals surface area contributed by atoms with Crippen LogP contribution in [-0.2, 0) is 16.1 Å². The first kappa shape index (κ1) is 27.4. The van der Waals surface area contributed by atoms with Gasteiger partial charge in [0.05, 0.1) is 23.0 Å². The summed E-state index contributed by atoms with van der Waals surface area (Å²) in [5.74, 6) is -0.166. The number of para-hydroxylation sites is 1. The lowest BCUT2D eigenvalue weighted by atomic mass is 10.1. The summed E-state index contributed by atoms with van der Waals surface area (Å²) in [6.07, 6.45) is 1.54. The van der Waals surface area contributed by atoms with E-state index in [0.717, 1.165) is 22.2 Å². The van der Waals surface area contributed by atoms with Gasteiger partial charge in [0, 0.05) is 17.3 Å². The average molecular weight is 548 g/mol. The van der Waals surface area contributed by atoms with Crippen molar-refractivity contribution in [2.75, 3.05) is 18.5 Å². The molecule has 0 radical (unpaired) electrons. The number of rotatable bonds is 10. The summed E-state index contributed by atoms with van der Waals surface area (Å²) in [5, 5.41) is 13.6. The summed E-state index contributed by atoms with van der Waals surface area (Å²) in [6.45, 7) is 3.62. The molecule has 0 bridgehead atoms. The Balaban J connectivity index is 1.46. The van der Waals surface area contributed by atoms with Gasteiger partial charge < -0.3 is 14.8 Å². The molecule has 0 spiro atoms. The number of thioether (sulfide) groups is 1. The molecule has 39 heavy (non-hydrogen) atoms. The first-order chi connectivity index (χ1) is 18.7. The quantitative estimate of drug-likeness (QED) is 0.199. The first-order valence-electron chi connectivity index (χ1n) is 12.0. The zero-order valence-electron chi connectivity index (χ0n) is 21.2. The predicted octanol–water partition coefficient (Wildman–Crippen LogP) is 5.56. The second-order valence-corrected chi connectivity index (χ2v) is 9.49. The van der Waals surface area contributed by atoms with Crippen LogP contribution < -0.4 is 14.8 Å². The SMILES string of the molecule is CCOc1cc(/C=C2\SC(=O)N(Cc3ccccc3[N+](=O)[O-])C2=O)ccc1OCC(=O)Nc1cccc(C)c1. The van der Waals surface area contributed by atoms with Gasteiger partial charge in [0.1, 0.15) is 0 Å². The number of nitrogens with one attached hydrogen (secondary N) is 1. The molecule has 1 aliphatic rings. The maximum Gasteiger partial charge on any atom is 0.293 e. The second kappa shape index (κ2) is 12.3. The number of hydrogen-bond acceptors (Lipinski definition) is 8. The molecule has 0 aliphatic carbocycles. The third kappa shape index (κ3) is 6.82. The number of ether oxygens (including phenoxy) is 2. The Morgan fingerprint density at radius 2 is 1.85 bits per heavy atom. The minimum Gasteiger partial charge on any atom is -0.490 e. The van der Waals surface area contributed by atoms with E-state index in [-0.39, 0.29) is 35.2 Å². The summed E-state index contributed by atoms with van der Waals surface area (Å²) in [5.41, 5.74) is 2.36. The Kier molecular flexibility index (Phi) is 8.62. The zero-order chi connectivity index (χ0) is 27.9. The molecule has 0 aromatic heterocycles. The van der Waals surface area contributed by atoms with E-state index in [0.29, 0.717) is 29.4 Å². The van der Waals surface area contributed by atoms with Crippen molar-refractivity contribution < 1.29 is 28.8 Å². The van der Waals surface area contributed by atoms with Crippen molar-refractivity contribution in [2.45, 2.75) is 20.4 Å². The number of carbonyl (C=O) groups is 3. The fraction of sp³-hybridized carbons (Fsp3) is 0.179. The van der Waals surface area contributed by atoms with Gasteiger partial charge in [-0.2, -0.15) is 0 Å². The van der Waals surface area contributed by atoms with Gasteiger partial charge in [-0.3, -0.25) is 29.4 Å². The second-order valence-electron chi connectivity index (χ2n) is 8.50. The molecule has 4 rings (SSSR count). The molecular formula is C28H25N3O7S. The van der Waals surface area contributed by atoms with Gasteiger partial charge in [-0.05, 0) is 67.1 Å². The lowest BCUT2D eigenvalue weighted by molar-refractivity contribution is -0.385. The number of nitro groups is 1. The number of aryl methyl sites for hydroxylation is 1. The maximum absolute atomic E-state index is 13.0. The Bertz CT molecular complexity index is 1470. The van der Waals surface area contributed by atoms with Gasteiger partial charge in [0.25, 0.3) is 22.7 Å². The van der Waals surface area contributed by atoms with Crippen molar-refractivity contribution >= 4 is 46.3 Å². The van der Waals surface area contributed by atoms with Crippen LogP contribution in [0.25, 0.3) is 6.08 Å². The highest BCUT2D eigenvalue weighted by Gasteiger charge is 2.36. The van der Waals surface area contributed by atoms with Crippen LogP contribution >= 0.6 is 11.8 Å². The van der Waals surface area contributed by atoms with Crippen LogP contribution in [-0.4, -0.2) is 40.1 Å². The summed E-state index contributed by atoms with van der Waals surface area (Å²) < 4.78 is 11.4. The van der Waals surface area contributed by atoms with E-state index >= 15 is 0 Å². The molecular weight excluding hydrogens is 522 g/mol. The number of nitro benzene ring substituents is 1. The van der Waals surface area contributed by atoms with Gasteiger partial charge in [-0.1, -0.05) is 36.4 Å². The molecule has 3 aromatic rings. The van der Waals surface area contributed by atoms with Gasteiger partial charge in [0.2, 0.25) is 0 Å². The van der Waals surface area contributed by atoms with Crippen molar-refractivity contribution in [3.8, 4) is 11.5 Å². The van der Waals surface area contributed by atoms with Crippen LogP contribution in [0.4, 0.5) is 16.2 Å². The fourth-order valence-corrected chi connectivity index (χ4v) is 4.68. The molecule has 1 N–H and O–H groups in total. The Labute approximate surface area is 228 Å². The highest BCUT2D eigenvalue weighted by Crippen LogP contribution is 2.36. The van der Waals surface area contributed by atoms with E-state index in [1.165, 1.54) is 18.2 Å². The van der Waals surface area contributed by atoms with Gasteiger partial charge >= 0.3 is 0 Å². The van der Waals surface area contributed by atoms with Crippen molar-refractivity contribution in [1.82, 2.24) is 4.90 Å². The van der Waals surface area contributed by atoms with Crippen molar-refractivity contribution in [3.63, 3.8) is 0 Å². The largest absolute Gasteiger partial charge is 0.490 e. The lowest BCUT2D eigenvalue weighted by Crippen LogP contribution is -2.27. The molecule has 3 aromatic carbocycles. The third-order valence-electron chi connectivity index (χ3n) is 5.62. The van der Waals surface area contributed by atoms with Crippen LogP contribution in [0.15, 0.2) is 71.6 Å². The van der Waals surface area contributed by atoms with Crippen LogP contribution in [0.2, 0.25) is 0 Å². The van der Waals surface area contributed by atoms with E-state index in [1.807, 2.05) is 25.1 Å². The molecule has 1 saturated heterocycles. The number of benzene rings is 3. The number of anilines is 1. The Hall–Kier alpha value is -4.64. The molecule has 1 heterocycles. The molecule has 200 valence electrons. The summed E-state index contributed by atoms with van der Waals surface area (Å²) in [4.78, 5) is 49.8. The Morgan fingerprint density at radius 3 is 2.59 bits per heavy atom. The maximum atomic E-state index is 13.0. The number of nitrogens with zero attached hydrogens (tertiary/aromatic N) is 2. The highest BCUT2D eigenvalue weighted by atomic mass is 32.2. The monoisotopic (exact) mass is 547 g/mol. The van der Waals surface area contributed by atoms with Crippen molar-refractivity contribution in [3.05, 3.63) is 98.4 Å². The molecule has 0 unspecified atom stereocenters. The Morgan fingerprint density at radius 1 is 1.05 bits per heavy atom. The molecule has 3 amide bonds. The van der Waals surface area contributed by atoms with Crippen LogP contribution in [0.1, 0.15) is 23.6 Å². The minimum atomic E-state index is -0.547. The zero-order valence-corrected chi connectivity index (χ0v) is 22.0. The summed E-state index contributed by atoms with van der Waals surface area (Å²) in [6, 6.07) is 18.3. The minimum absolute atomic E-state index is 0.162. The average Bonchev–Trinajstić information content (AvgIpc) is 3.16. The highest BCUT2D eigenvalue weighted by molar-refractivity contribution is 8.18. The van der Waals surface area contributed by atoms with E-state index in [4.69, 9.17) is 9.47 Å². The molecule has 0 atom stereocenters. The van der Waals surface area contributed by atoms with Crippen molar-refractivity contribution in [2.24, 2.45) is 0 Å². The molecule has 0 saturated carbocycles. The molecule has 1 fully saturated rings. The first-order valence-corrected chi connectivity index (χ1v) is 12.8. The number of amides is 3. The van der Waals surface area contributed by atoms with E-state index < -0.39 is 16.1 Å². The normalized spacial score (nSPS) is 14.0. The summed E-state index contributed by atoms with van der Waals surface area (Å²) >= 11 is 0.753. The fourth-order valence-electron chi connectivity index (χ4n) is 3.85. The van der Waals surface area contributed by atoms with Crippen LogP contribution in [0.5, 0.6) is 11.5 Å². The molecule has 10 nitrogen and oxygen atoms in total. The number of hydrogen-bond donors (Lipinski definition) is 1. The molecule has 1 aliphatic heterocycles. The van der Waals surface area contributed by atoms with Crippen LogP contribution in [0.3, 0.4) is 0 Å². The van der Waals surface area contributed by atoms with E-state index in [9.17, 15) is 24.5 Å². The van der Waals surface area contributed by atoms with Gasteiger partial charge in [-0.15, -0.1) is 0 Å². The standard InChI is InChI=1S/C28H25N3O7S/c1-3-37-24-14-19(11-12-23(24)38-17-26(32)29-21-9-6-7-18(2)13-21)15-25-27(33)30(28(34)39-25)16-20-8-4-5-10-22(20)31(35)36/h4-15H,3,16-17H2,1-2H3,(H,29,32)/b25-15-. The summed E-state index contributed by atoms with van der Waals surface area (Å²) in [7, 11) is 0. The predicted molar refractivity (Wildman–Crippen MR) is 148 cm³/mol. The lowest BCUT2D eigenvalue weighted by Gasteiger charge is -2.13. The van der Waals surface area contributed by atoms with Gasteiger partial charge in [0.15, 0.2) is 18.1 Å². The number of imide groups is 1. The van der Waals surface area contributed by atoms with E-state index in [1.54, 1.807) is 43.3 Å². The van der Waals surface area contributed by atoms with E-state index in [2.05, 4.69) is 5.32 Å². The van der Waals surface area contributed by atoms with Gasteiger partial charge in [-0.25, -0.2) is 0 Å². The molecule has 11 heteroatoms.